The van der Waals surface area contributed by atoms with Gasteiger partial charge in [-0.05, 0) is 69.1 Å². The molecule has 1 saturated heterocycles. The van der Waals surface area contributed by atoms with E-state index in [0.29, 0.717) is 6.04 Å². The zero-order valence-electron chi connectivity index (χ0n) is 11.2. The highest BCUT2D eigenvalue weighted by molar-refractivity contribution is 7.07. The minimum atomic E-state index is 0.249. The van der Waals surface area contributed by atoms with Gasteiger partial charge in [0.05, 0.1) is 0 Å². The van der Waals surface area contributed by atoms with Gasteiger partial charge in [0.25, 0.3) is 0 Å². The molecule has 0 spiro atoms. The van der Waals surface area contributed by atoms with E-state index in [4.69, 9.17) is 0 Å². The first kappa shape index (κ1) is 13.1. The van der Waals surface area contributed by atoms with Crippen LogP contribution in [0.5, 0.6) is 0 Å². The van der Waals surface area contributed by atoms with E-state index in [1.165, 1.54) is 24.9 Å². The molecule has 0 aromatic carbocycles. The number of hydrogen-bond donors (Lipinski definition) is 1. The molecule has 0 radical (unpaired) electrons. The highest BCUT2D eigenvalue weighted by Crippen LogP contribution is 2.17. The first-order valence-corrected chi connectivity index (χ1v) is 7.51. The summed E-state index contributed by atoms with van der Waals surface area (Å²) in [7, 11) is 0. The fraction of sp³-hybridized carbons (Fsp3) is 0.714. The lowest BCUT2D eigenvalue weighted by Crippen LogP contribution is -2.48. The molecule has 1 fully saturated rings. The lowest BCUT2D eigenvalue weighted by atomic mass is 10.0. The van der Waals surface area contributed by atoms with Gasteiger partial charge in [-0.25, -0.2) is 0 Å². The molecule has 1 N–H and O–H groups in total. The molecular weight excluding hydrogens is 228 g/mol. The van der Waals surface area contributed by atoms with Crippen molar-refractivity contribution >= 4 is 11.3 Å². The molecule has 1 unspecified atom stereocenters. The molecule has 1 aliphatic rings. The Morgan fingerprint density at radius 2 is 2.35 bits per heavy atom. The van der Waals surface area contributed by atoms with Crippen LogP contribution in [0.4, 0.5) is 0 Å². The van der Waals surface area contributed by atoms with Gasteiger partial charge in [-0.3, -0.25) is 4.90 Å². The van der Waals surface area contributed by atoms with E-state index in [9.17, 15) is 0 Å². The summed E-state index contributed by atoms with van der Waals surface area (Å²) >= 11 is 1.80. The van der Waals surface area contributed by atoms with Crippen molar-refractivity contribution in [2.24, 2.45) is 0 Å². The van der Waals surface area contributed by atoms with Gasteiger partial charge < -0.3 is 5.32 Å². The summed E-state index contributed by atoms with van der Waals surface area (Å²) in [6, 6.07) is 2.89. The van der Waals surface area contributed by atoms with Gasteiger partial charge in [0, 0.05) is 18.1 Å². The normalized spacial score (nSPS) is 23.2. The fourth-order valence-electron chi connectivity index (χ4n) is 2.61. The zero-order valence-corrected chi connectivity index (χ0v) is 12.0. The number of hydrogen-bond acceptors (Lipinski definition) is 3. The SMILES string of the molecule is CC(Cc1ccsc1)N1CCCNC(C)(C)C1. The van der Waals surface area contributed by atoms with E-state index in [0.717, 1.165) is 13.1 Å². The van der Waals surface area contributed by atoms with Crippen molar-refractivity contribution in [1.29, 1.82) is 0 Å². The molecule has 0 aliphatic carbocycles. The molecule has 2 rings (SSSR count). The summed E-state index contributed by atoms with van der Waals surface area (Å²) < 4.78 is 0. The van der Waals surface area contributed by atoms with E-state index >= 15 is 0 Å². The number of rotatable bonds is 3. The highest BCUT2D eigenvalue weighted by atomic mass is 32.1. The predicted molar refractivity (Wildman–Crippen MR) is 75.8 cm³/mol. The van der Waals surface area contributed by atoms with Crippen LogP contribution >= 0.6 is 11.3 Å². The molecule has 2 nitrogen and oxygen atoms in total. The first-order valence-electron chi connectivity index (χ1n) is 6.57. The second-order valence-electron chi connectivity index (χ2n) is 5.82. The van der Waals surface area contributed by atoms with Gasteiger partial charge in [0.1, 0.15) is 0 Å². The molecule has 0 amide bonds. The molecule has 1 atom stereocenters. The third kappa shape index (κ3) is 3.80. The van der Waals surface area contributed by atoms with Crippen molar-refractivity contribution in [3.63, 3.8) is 0 Å². The minimum Gasteiger partial charge on any atom is -0.310 e. The van der Waals surface area contributed by atoms with E-state index in [2.05, 4.69) is 47.8 Å². The van der Waals surface area contributed by atoms with E-state index in [1.807, 2.05) is 0 Å². The molecule has 17 heavy (non-hydrogen) atoms. The van der Waals surface area contributed by atoms with Crippen molar-refractivity contribution in [2.45, 2.75) is 45.2 Å². The molecule has 2 heterocycles. The molecule has 3 heteroatoms. The molecule has 96 valence electrons. The Labute approximate surface area is 109 Å². The lowest BCUT2D eigenvalue weighted by molar-refractivity contribution is 0.178. The Morgan fingerprint density at radius 3 is 3.06 bits per heavy atom. The average molecular weight is 252 g/mol. The predicted octanol–water partition coefficient (Wildman–Crippen LogP) is 2.75. The maximum Gasteiger partial charge on any atom is 0.0252 e. The third-order valence-corrected chi connectivity index (χ3v) is 4.29. The van der Waals surface area contributed by atoms with E-state index < -0.39 is 0 Å². The smallest absolute Gasteiger partial charge is 0.0252 e. The number of nitrogens with zero attached hydrogens (tertiary/aromatic N) is 1. The van der Waals surface area contributed by atoms with E-state index in [1.54, 1.807) is 11.3 Å². The Morgan fingerprint density at radius 1 is 1.53 bits per heavy atom. The van der Waals surface area contributed by atoms with Crippen molar-refractivity contribution in [3.05, 3.63) is 22.4 Å². The molecule has 0 bridgehead atoms. The van der Waals surface area contributed by atoms with E-state index in [-0.39, 0.29) is 5.54 Å². The van der Waals surface area contributed by atoms with Crippen molar-refractivity contribution in [1.82, 2.24) is 10.2 Å². The summed E-state index contributed by atoms with van der Waals surface area (Å²) in [5, 5.41) is 8.08. The monoisotopic (exact) mass is 252 g/mol. The van der Waals surface area contributed by atoms with Gasteiger partial charge in [0.2, 0.25) is 0 Å². The Kier molecular flexibility index (Phi) is 4.23. The maximum atomic E-state index is 3.62. The Balaban J connectivity index is 1.95. The second-order valence-corrected chi connectivity index (χ2v) is 6.60. The summed E-state index contributed by atoms with van der Waals surface area (Å²) in [5.74, 6) is 0. The van der Waals surface area contributed by atoms with Crippen LogP contribution in [0.25, 0.3) is 0 Å². The Hall–Kier alpha value is -0.380. The van der Waals surface area contributed by atoms with Crippen molar-refractivity contribution < 1.29 is 0 Å². The average Bonchev–Trinajstić information content (AvgIpc) is 2.68. The highest BCUT2D eigenvalue weighted by Gasteiger charge is 2.26. The van der Waals surface area contributed by atoms with Crippen molar-refractivity contribution in [2.75, 3.05) is 19.6 Å². The first-order chi connectivity index (χ1) is 8.07. The van der Waals surface area contributed by atoms with Crippen LogP contribution in [0.1, 0.15) is 32.8 Å². The summed E-state index contributed by atoms with van der Waals surface area (Å²) in [6.07, 6.45) is 2.44. The summed E-state index contributed by atoms with van der Waals surface area (Å²) in [4.78, 5) is 2.64. The molecule has 1 aromatic rings. The van der Waals surface area contributed by atoms with Crippen LogP contribution in [0, 0.1) is 0 Å². The molecule has 1 aliphatic heterocycles. The second kappa shape index (κ2) is 5.51. The number of nitrogens with one attached hydrogen (secondary N) is 1. The number of thiophene rings is 1. The third-order valence-electron chi connectivity index (χ3n) is 3.56. The van der Waals surface area contributed by atoms with Gasteiger partial charge in [0.15, 0.2) is 0 Å². The minimum absolute atomic E-state index is 0.249. The van der Waals surface area contributed by atoms with Crippen LogP contribution in [-0.2, 0) is 6.42 Å². The summed E-state index contributed by atoms with van der Waals surface area (Å²) in [5.41, 5.74) is 1.73. The van der Waals surface area contributed by atoms with Crippen LogP contribution in [0.3, 0.4) is 0 Å². The quantitative estimate of drug-likeness (QED) is 0.890. The van der Waals surface area contributed by atoms with Crippen molar-refractivity contribution in [3.8, 4) is 0 Å². The molecule has 0 saturated carbocycles. The molecule has 1 aromatic heterocycles. The van der Waals surface area contributed by atoms with Gasteiger partial charge in [-0.2, -0.15) is 11.3 Å². The standard InChI is InChI=1S/C14H24N2S/c1-12(9-13-5-8-17-10-13)16-7-4-6-15-14(2,3)11-16/h5,8,10,12,15H,4,6-7,9,11H2,1-3H3. The summed E-state index contributed by atoms with van der Waals surface area (Å²) in [6.45, 7) is 10.5. The maximum absolute atomic E-state index is 3.62. The fourth-order valence-corrected chi connectivity index (χ4v) is 3.29. The van der Waals surface area contributed by atoms with Crippen LogP contribution < -0.4 is 5.32 Å². The van der Waals surface area contributed by atoms with Gasteiger partial charge in [-0.1, -0.05) is 0 Å². The van der Waals surface area contributed by atoms with Crippen LogP contribution in [0.2, 0.25) is 0 Å². The van der Waals surface area contributed by atoms with Gasteiger partial charge >= 0.3 is 0 Å². The van der Waals surface area contributed by atoms with Crippen LogP contribution in [-0.4, -0.2) is 36.1 Å². The van der Waals surface area contributed by atoms with Gasteiger partial charge in [-0.15, -0.1) is 0 Å². The largest absolute Gasteiger partial charge is 0.310 e. The lowest BCUT2D eigenvalue weighted by Gasteiger charge is -2.34. The Bertz CT molecular complexity index is 332. The zero-order chi connectivity index (χ0) is 12.3. The molecular formula is C14H24N2S. The topological polar surface area (TPSA) is 15.3 Å². The van der Waals surface area contributed by atoms with Crippen LogP contribution in [0.15, 0.2) is 16.8 Å².